The highest BCUT2D eigenvalue weighted by Crippen LogP contribution is 2.21. The minimum Gasteiger partial charge on any atom is -0.383 e. The van der Waals surface area contributed by atoms with Crippen molar-refractivity contribution in [3.63, 3.8) is 0 Å². The molecule has 0 fully saturated rings. The number of nitrogens with zero attached hydrogens (tertiary/aromatic N) is 2. The molecule has 0 amide bonds. The molecular weight excluding hydrogens is 262 g/mol. The topological polar surface area (TPSA) is 39.1 Å². The molecule has 2 aromatic rings. The molecule has 19 heavy (non-hydrogen) atoms. The Balaban J connectivity index is 2.05. The molecule has 0 aliphatic carbocycles. The van der Waals surface area contributed by atoms with Crippen LogP contribution in [0.15, 0.2) is 30.5 Å². The van der Waals surface area contributed by atoms with Crippen molar-refractivity contribution in [1.82, 2.24) is 15.1 Å². The van der Waals surface area contributed by atoms with Crippen LogP contribution < -0.4 is 5.32 Å². The standard InChI is InChI=1S/C14H18ClN3O/c1-11-5-7-18(17-11)14-4-3-12(9-13(14)15)10-16-6-8-19-2/h3-5,7,9,16H,6,8,10H2,1-2H3. The Morgan fingerprint density at radius 1 is 1.37 bits per heavy atom. The molecule has 5 heteroatoms. The second kappa shape index (κ2) is 6.70. The van der Waals surface area contributed by atoms with E-state index in [1.165, 1.54) is 0 Å². The molecular formula is C14H18ClN3O. The average Bonchev–Trinajstić information content (AvgIpc) is 2.81. The molecule has 0 bridgehead atoms. The van der Waals surface area contributed by atoms with Crippen molar-refractivity contribution in [2.24, 2.45) is 0 Å². The lowest BCUT2D eigenvalue weighted by molar-refractivity contribution is 0.199. The van der Waals surface area contributed by atoms with E-state index in [4.69, 9.17) is 16.3 Å². The zero-order valence-electron chi connectivity index (χ0n) is 11.2. The molecule has 0 radical (unpaired) electrons. The first kappa shape index (κ1) is 14.1. The van der Waals surface area contributed by atoms with E-state index in [2.05, 4.69) is 16.5 Å². The predicted octanol–water partition coefficient (Wildman–Crippen LogP) is 2.57. The molecule has 0 unspecified atom stereocenters. The largest absolute Gasteiger partial charge is 0.383 e. The fourth-order valence-electron chi connectivity index (χ4n) is 1.80. The summed E-state index contributed by atoms with van der Waals surface area (Å²) < 4.78 is 6.77. The van der Waals surface area contributed by atoms with Gasteiger partial charge in [-0.05, 0) is 30.7 Å². The highest BCUT2D eigenvalue weighted by Gasteiger charge is 2.05. The van der Waals surface area contributed by atoms with Crippen LogP contribution in [0.2, 0.25) is 5.02 Å². The van der Waals surface area contributed by atoms with Crippen LogP contribution in [-0.4, -0.2) is 30.0 Å². The second-order valence-electron chi connectivity index (χ2n) is 4.36. The van der Waals surface area contributed by atoms with Gasteiger partial charge in [0.05, 0.1) is 23.0 Å². The van der Waals surface area contributed by atoms with Gasteiger partial charge < -0.3 is 10.1 Å². The van der Waals surface area contributed by atoms with Crippen molar-refractivity contribution < 1.29 is 4.74 Å². The van der Waals surface area contributed by atoms with Gasteiger partial charge in [-0.2, -0.15) is 5.10 Å². The van der Waals surface area contributed by atoms with Crippen molar-refractivity contribution in [1.29, 1.82) is 0 Å². The molecule has 0 saturated carbocycles. The lowest BCUT2D eigenvalue weighted by Gasteiger charge is -2.08. The highest BCUT2D eigenvalue weighted by atomic mass is 35.5. The van der Waals surface area contributed by atoms with Crippen LogP contribution in [-0.2, 0) is 11.3 Å². The van der Waals surface area contributed by atoms with Gasteiger partial charge in [0, 0.05) is 26.4 Å². The number of methoxy groups -OCH3 is 1. The van der Waals surface area contributed by atoms with Crippen LogP contribution in [0, 0.1) is 6.92 Å². The lowest BCUT2D eigenvalue weighted by atomic mass is 10.2. The van der Waals surface area contributed by atoms with Gasteiger partial charge in [-0.1, -0.05) is 17.7 Å². The number of ether oxygens (including phenoxy) is 1. The summed E-state index contributed by atoms with van der Waals surface area (Å²) in [5.41, 5.74) is 3.02. The van der Waals surface area contributed by atoms with Gasteiger partial charge in [0.15, 0.2) is 0 Å². The maximum Gasteiger partial charge on any atom is 0.0832 e. The molecule has 1 N–H and O–H groups in total. The molecule has 1 heterocycles. The Hall–Kier alpha value is -1.36. The summed E-state index contributed by atoms with van der Waals surface area (Å²) >= 11 is 6.30. The van der Waals surface area contributed by atoms with E-state index in [9.17, 15) is 0 Å². The fourth-order valence-corrected chi connectivity index (χ4v) is 2.09. The molecule has 102 valence electrons. The highest BCUT2D eigenvalue weighted by molar-refractivity contribution is 6.32. The molecule has 1 aromatic heterocycles. The fraction of sp³-hybridized carbons (Fsp3) is 0.357. The number of benzene rings is 1. The maximum absolute atomic E-state index is 6.30. The Bertz CT molecular complexity index is 539. The molecule has 0 saturated heterocycles. The first-order valence-corrected chi connectivity index (χ1v) is 6.59. The Morgan fingerprint density at radius 3 is 2.84 bits per heavy atom. The number of rotatable bonds is 6. The van der Waals surface area contributed by atoms with Crippen molar-refractivity contribution in [3.05, 3.63) is 46.7 Å². The Morgan fingerprint density at radius 2 is 2.21 bits per heavy atom. The molecule has 0 aliphatic rings. The monoisotopic (exact) mass is 279 g/mol. The van der Waals surface area contributed by atoms with Crippen LogP contribution >= 0.6 is 11.6 Å². The summed E-state index contributed by atoms with van der Waals surface area (Å²) in [6.07, 6.45) is 1.91. The summed E-state index contributed by atoms with van der Waals surface area (Å²) in [6.45, 7) is 4.27. The van der Waals surface area contributed by atoms with E-state index < -0.39 is 0 Å². The summed E-state index contributed by atoms with van der Waals surface area (Å²) in [5.74, 6) is 0. The average molecular weight is 280 g/mol. The van der Waals surface area contributed by atoms with E-state index in [1.807, 2.05) is 31.3 Å². The van der Waals surface area contributed by atoms with Gasteiger partial charge in [0.25, 0.3) is 0 Å². The summed E-state index contributed by atoms with van der Waals surface area (Å²) in [6, 6.07) is 7.96. The number of hydrogen-bond acceptors (Lipinski definition) is 3. The van der Waals surface area contributed by atoms with Gasteiger partial charge in [-0.3, -0.25) is 0 Å². The van der Waals surface area contributed by atoms with Crippen molar-refractivity contribution in [2.45, 2.75) is 13.5 Å². The molecule has 0 atom stereocenters. The minimum atomic E-state index is 0.703. The maximum atomic E-state index is 6.30. The first-order chi connectivity index (χ1) is 9.20. The zero-order valence-corrected chi connectivity index (χ0v) is 11.9. The van der Waals surface area contributed by atoms with Gasteiger partial charge in [0.1, 0.15) is 0 Å². The van der Waals surface area contributed by atoms with E-state index in [-0.39, 0.29) is 0 Å². The molecule has 2 rings (SSSR count). The van der Waals surface area contributed by atoms with Crippen LogP contribution in [0.1, 0.15) is 11.3 Å². The lowest BCUT2D eigenvalue weighted by Crippen LogP contribution is -2.18. The Labute approximate surface area is 118 Å². The summed E-state index contributed by atoms with van der Waals surface area (Å²) in [7, 11) is 1.69. The molecule has 1 aromatic carbocycles. The number of aryl methyl sites for hydroxylation is 1. The normalized spacial score (nSPS) is 10.9. The predicted molar refractivity (Wildman–Crippen MR) is 76.9 cm³/mol. The van der Waals surface area contributed by atoms with Gasteiger partial charge >= 0.3 is 0 Å². The minimum absolute atomic E-state index is 0.703. The van der Waals surface area contributed by atoms with E-state index >= 15 is 0 Å². The smallest absolute Gasteiger partial charge is 0.0832 e. The van der Waals surface area contributed by atoms with Crippen molar-refractivity contribution in [3.8, 4) is 5.69 Å². The second-order valence-corrected chi connectivity index (χ2v) is 4.76. The van der Waals surface area contributed by atoms with Gasteiger partial charge in [-0.25, -0.2) is 4.68 Å². The van der Waals surface area contributed by atoms with E-state index in [0.29, 0.717) is 11.6 Å². The number of hydrogen-bond donors (Lipinski definition) is 1. The third kappa shape index (κ3) is 3.80. The SMILES string of the molecule is COCCNCc1ccc(-n2ccc(C)n2)c(Cl)c1. The zero-order chi connectivity index (χ0) is 13.7. The quantitative estimate of drug-likeness (QED) is 0.826. The number of halogens is 1. The van der Waals surface area contributed by atoms with Crippen LogP contribution in [0.4, 0.5) is 0 Å². The van der Waals surface area contributed by atoms with Gasteiger partial charge in [0.2, 0.25) is 0 Å². The summed E-state index contributed by atoms with van der Waals surface area (Å²) in [5, 5.41) is 8.35. The van der Waals surface area contributed by atoms with Crippen LogP contribution in [0.5, 0.6) is 0 Å². The van der Waals surface area contributed by atoms with Crippen LogP contribution in [0.3, 0.4) is 0 Å². The number of aromatic nitrogens is 2. The third-order valence-corrected chi connectivity index (χ3v) is 3.10. The first-order valence-electron chi connectivity index (χ1n) is 6.21. The molecule has 0 spiro atoms. The van der Waals surface area contributed by atoms with Crippen LogP contribution in [0.25, 0.3) is 5.69 Å². The van der Waals surface area contributed by atoms with Crippen molar-refractivity contribution in [2.75, 3.05) is 20.3 Å². The van der Waals surface area contributed by atoms with Gasteiger partial charge in [-0.15, -0.1) is 0 Å². The van der Waals surface area contributed by atoms with Crippen molar-refractivity contribution >= 4 is 11.6 Å². The Kier molecular flexibility index (Phi) is 4.96. The van der Waals surface area contributed by atoms with E-state index in [1.54, 1.807) is 11.8 Å². The molecule has 4 nitrogen and oxygen atoms in total. The number of nitrogens with one attached hydrogen (secondary N) is 1. The summed E-state index contributed by atoms with van der Waals surface area (Å²) in [4.78, 5) is 0. The third-order valence-electron chi connectivity index (χ3n) is 2.79. The van der Waals surface area contributed by atoms with E-state index in [0.717, 1.165) is 30.0 Å². The molecule has 0 aliphatic heterocycles.